The first-order valence-electron chi connectivity index (χ1n) is 13.0. The van der Waals surface area contributed by atoms with E-state index in [0.29, 0.717) is 41.2 Å². The first-order valence-corrected chi connectivity index (χ1v) is 13.0. The molecule has 0 fully saturated rings. The molecule has 0 saturated heterocycles. The van der Waals surface area contributed by atoms with Gasteiger partial charge in [0.05, 0.1) is 24.3 Å². The van der Waals surface area contributed by atoms with Gasteiger partial charge in [-0.3, -0.25) is 9.18 Å². The number of benzene rings is 2. The Bertz CT molecular complexity index is 1430. The number of alkyl halides is 1. The fourth-order valence-corrected chi connectivity index (χ4v) is 3.82. The van der Waals surface area contributed by atoms with Gasteiger partial charge in [0, 0.05) is 24.2 Å². The lowest BCUT2D eigenvalue weighted by Crippen LogP contribution is -2.51. The van der Waals surface area contributed by atoms with E-state index in [2.05, 4.69) is 31.6 Å². The third-order valence-corrected chi connectivity index (χ3v) is 6.00. The highest BCUT2D eigenvalue weighted by Gasteiger charge is 2.25. The molecule has 3 rings (SSSR count). The minimum Gasteiger partial charge on any atom is -0.481 e. The number of aromatic nitrogens is 3. The molecule has 2 unspecified atom stereocenters. The number of carbonyl (C=O) groups is 5. The Kier molecular flexibility index (Phi) is 11.5. The Morgan fingerprint density at radius 1 is 0.814 bits per heavy atom. The van der Waals surface area contributed by atoms with E-state index in [1.54, 1.807) is 47.3 Å². The number of amides is 4. The third-order valence-electron chi connectivity index (χ3n) is 6.00. The van der Waals surface area contributed by atoms with E-state index in [4.69, 9.17) is 10.2 Å². The number of halogens is 1. The van der Waals surface area contributed by atoms with Crippen molar-refractivity contribution in [2.24, 2.45) is 0 Å². The fourth-order valence-electron chi connectivity index (χ4n) is 3.82. The zero-order chi connectivity index (χ0) is 31.4. The van der Waals surface area contributed by atoms with E-state index in [-0.39, 0.29) is 12.8 Å². The first-order chi connectivity index (χ1) is 20.5. The average molecular weight is 600 g/mol. The number of carboxylic acids is 3. The van der Waals surface area contributed by atoms with Gasteiger partial charge < -0.3 is 36.6 Å². The van der Waals surface area contributed by atoms with Gasteiger partial charge in [-0.15, -0.1) is 5.10 Å². The molecule has 1 aromatic heterocycles. The second-order valence-electron chi connectivity index (χ2n) is 9.31. The van der Waals surface area contributed by atoms with E-state index >= 15 is 0 Å². The number of carboxylic acid groups (broad SMARTS) is 3. The third kappa shape index (κ3) is 10.4. The van der Waals surface area contributed by atoms with E-state index < -0.39 is 55.1 Å². The number of aliphatic carboxylic acids is 3. The van der Waals surface area contributed by atoms with Crippen LogP contribution in [-0.2, 0) is 27.2 Å². The summed E-state index contributed by atoms with van der Waals surface area (Å²) in [5, 5.41) is 45.0. The van der Waals surface area contributed by atoms with Crippen molar-refractivity contribution in [2.45, 2.75) is 44.2 Å². The Morgan fingerprint density at radius 2 is 1.40 bits per heavy atom. The predicted octanol–water partition coefficient (Wildman–Crippen LogP) is 2.43. The number of rotatable bonds is 15. The lowest BCUT2D eigenvalue weighted by Gasteiger charge is -2.18. The maximum absolute atomic E-state index is 12.4. The van der Waals surface area contributed by atoms with Gasteiger partial charge in [-0.25, -0.2) is 23.9 Å². The SMILES string of the molecule is O=C(O)CCC(NC(=O)NC(Cc1ccc(NC(=O)Nc2ccc(-n3cc(CCCF)nn3)cc2)cc1)C(=O)O)C(=O)O. The van der Waals surface area contributed by atoms with Crippen LogP contribution in [0.15, 0.2) is 54.7 Å². The lowest BCUT2D eigenvalue weighted by molar-refractivity contribution is -0.140. The molecule has 15 nitrogen and oxygen atoms in total. The van der Waals surface area contributed by atoms with Gasteiger partial charge in [-0.2, -0.15) is 0 Å². The molecule has 4 amide bonds. The summed E-state index contributed by atoms with van der Waals surface area (Å²) in [7, 11) is 0. The van der Waals surface area contributed by atoms with Crippen LogP contribution in [0.25, 0.3) is 5.69 Å². The van der Waals surface area contributed by atoms with Crippen LogP contribution in [0.3, 0.4) is 0 Å². The molecule has 0 aliphatic carbocycles. The van der Waals surface area contributed by atoms with Crippen molar-refractivity contribution in [1.29, 1.82) is 0 Å². The molecule has 3 aromatic rings. The minimum absolute atomic E-state index is 0.155. The highest BCUT2D eigenvalue weighted by molar-refractivity contribution is 5.99. The summed E-state index contributed by atoms with van der Waals surface area (Å²) in [6.07, 6.45) is 1.52. The number of anilines is 2. The number of carbonyl (C=O) groups excluding carboxylic acids is 2. The number of aryl methyl sites for hydroxylation is 1. The van der Waals surface area contributed by atoms with Crippen molar-refractivity contribution in [2.75, 3.05) is 17.3 Å². The summed E-state index contributed by atoms with van der Waals surface area (Å²) in [6, 6.07) is 8.41. The summed E-state index contributed by atoms with van der Waals surface area (Å²) in [4.78, 5) is 58.3. The average Bonchev–Trinajstić information content (AvgIpc) is 3.44. The summed E-state index contributed by atoms with van der Waals surface area (Å²) in [5.74, 6) is -4.08. The van der Waals surface area contributed by atoms with E-state index in [0.717, 1.165) is 0 Å². The van der Waals surface area contributed by atoms with Gasteiger partial charge in [0.1, 0.15) is 12.1 Å². The van der Waals surface area contributed by atoms with Crippen LogP contribution in [0.4, 0.5) is 25.4 Å². The molecule has 0 aliphatic rings. The van der Waals surface area contributed by atoms with Gasteiger partial charge in [-0.05, 0) is 61.2 Å². The van der Waals surface area contributed by atoms with Gasteiger partial charge in [0.25, 0.3) is 0 Å². The number of nitrogens with one attached hydrogen (secondary N) is 4. The second kappa shape index (κ2) is 15.5. The fraction of sp³-hybridized carbons (Fsp3) is 0.296. The Morgan fingerprint density at radius 3 is 1.95 bits per heavy atom. The van der Waals surface area contributed by atoms with Crippen LogP contribution < -0.4 is 21.3 Å². The summed E-state index contributed by atoms with van der Waals surface area (Å²) < 4.78 is 13.9. The molecular weight excluding hydrogens is 569 g/mol. The van der Waals surface area contributed by atoms with E-state index in [1.807, 2.05) is 0 Å². The van der Waals surface area contributed by atoms with Gasteiger partial charge in [0.15, 0.2) is 0 Å². The normalized spacial score (nSPS) is 12.0. The van der Waals surface area contributed by atoms with Crippen molar-refractivity contribution in [1.82, 2.24) is 25.6 Å². The second-order valence-corrected chi connectivity index (χ2v) is 9.31. The molecule has 1 heterocycles. The van der Waals surface area contributed by atoms with Crippen LogP contribution in [0.1, 0.15) is 30.5 Å². The topological polar surface area (TPSA) is 225 Å². The molecular formula is C27H30FN7O8. The van der Waals surface area contributed by atoms with Crippen molar-refractivity contribution < 1.29 is 43.7 Å². The van der Waals surface area contributed by atoms with Crippen LogP contribution in [0.5, 0.6) is 0 Å². The Labute approximate surface area is 244 Å². The molecule has 0 radical (unpaired) electrons. The molecule has 43 heavy (non-hydrogen) atoms. The van der Waals surface area contributed by atoms with Crippen molar-refractivity contribution in [3.63, 3.8) is 0 Å². The largest absolute Gasteiger partial charge is 0.481 e. The quantitative estimate of drug-likeness (QED) is 0.135. The predicted molar refractivity (Wildman–Crippen MR) is 150 cm³/mol. The van der Waals surface area contributed by atoms with Crippen LogP contribution in [-0.4, -0.2) is 79.0 Å². The van der Waals surface area contributed by atoms with Crippen LogP contribution in [0.2, 0.25) is 0 Å². The monoisotopic (exact) mass is 599 g/mol. The molecule has 7 N–H and O–H groups in total. The van der Waals surface area contributed by atoms with E-state index in [9.17, 15) is 33.5 Å². The van der Waals surface area contributed by atoms with Gasteiger partial charge in [0.2, 0.25) is 0 Å². The maximum Gasteiger partial charge on any atom is 0.326 e. The molecule has 0 spiro atoms. The number of nitrogens with zero attached hydrogens (tertiary/aromatic N) is 3. The number of urea groups is 2. The maximum atomic E-state index is 12.4. The summed E-state index contributed by atoms with van der Waals surface area (Å²) in [6.45, 7) is -0.431. The molecule has 2 atom stereocenters. The molecule has 0 aliphatic heterocycles. The molecule has 16 heteroatoms. The zero-order valence-electron chi connectivity index (χ0n) is 22.7. The lowest BCUT2D eigenvalue weighted by atomic mass is 10.1. The Hall–Kier alpha value is -5.54. The highest BCUT2D eigenvalue weighted by Crippen LogP contribution is 2.15. The van der Waals surface area contributed by atoms with E-state index in [1.165, 1.54) is 12.1 Å². The van der Waals surface area contributed by atoms with Crippen molar-refractivity contribution in [3.8, 4) is 5.69 Å². The van der Waals surface area contributed by atoms with Crippen molar-refractivity contribution in [3.05, 3.63) is 66.0 Å². The zero-order valence-corrected chi connectivity index (χ0v) is 22.7. The first kappa shape index (κ1) is 32.0. The van der Waals surface area contributed by atoms with Gasteiger partial charge >= 0.3 is 30.0 Å². The highest BCUT2D eigenvalue weighted by atomic mass is 19.1. The Balaban J connectivity index is 1.51. The standard InChI is InChI=1S/C27H30FN7O8/c28-13-1-2-19-15-35(34-33-19)20-9-7-18(8-10-20)30-26(42)29-17-5-3-16(4-6-17)14-22(25(40)41)32-27(43)31-21(24(38)39)11-12-23(36)37/h3-10,15,21-22H,1-2,11-14H2,(H,36,37)(H,38,39)(H,40,41)(H2,29,30,42)(H2,31,32,43). The summed E-state index contributed by atoms with van der Waals surface area (Å²) >= 11 is 0. The molecule has 0 bridgehead atoms. The van der Waals surface area contributed by atoms with Crippen molar-refractivity contribution >= 4 is 41.3 Å². The molecule has 2 aromatic carbocycles. The van der Waals surface area contributed by atoms with Crippen LogP contribution >= 0.6 is 0 Å². The smallest absolute Gasteiger partial charge is 0.326 e. The molecule has 228 valence electrons. The number of hydrogen-bond acceptors (Lipinski definition) is 7. The minimum atomic E-state index is -1.51. The van der Waals surface area contributed by atoms with Gasteiger partial charge in [-0.1, -0.05) is 17.3 Å². The number of hydrogen-bond donors (Lipinski definition) is 7. The summed E-state index contributed by atoms with van der Waals surface area (Å²) in [5.41, 5.74) is 2.77. The van der Waals surface area contributed by atoms with Crippen LogP contribution in [0, 0.1) is 0 Å². The molecule has 0 saturated carbocycles.